The van der Waals surface area contributed by atoms with Crippen molar-refractivity contribution in [3.63, 3.8) is 0 Å². The van der Waals surface area contributed by atoms with Gasteiger partial charge in [0.1, 0.15) is 6.04 Å². The summed E-state index contributed by atoms with van der Waals surface area (Å²) in [4.78, 5) is 28.4. The predicted molar refractivity (Wildman–Crippen MR) is 91.8 cm³/mol. The molecule has 0 aliphatic rings. The molecule has 7 heteroatoms. The summed E-state index contributed by atoms with van der Waals surface area (Å²) in [6.45, 7) is 1.60. The van der Waals surface area contributed by atoms with Gasteiger partial charge in [-0.15, -0.1) is 11.3 Å². The number of aromatic nitrogens is 1. The quantitative estimate of drug-likeness (QED) is 0.746. The van der Waals surface area contributed by atoms with E-state index in [1.54, 1.807) is 13.0 Å². The minimum absolute atomic E-state index is 0.162. The van der Waals surface area contributed by atoms with Gasteiger partial charge in [0.2, 0.25) is 5.91 Å². The number of thiazole rings is 1. The molecule has 2 N–H and O–H groups in total. The van der Waals surface area contributed by atoms with Gasteiger partial charge < -0.3 is 15.1 Å². The fourth-order valence-corrected chi connectivity index (χ4v) is 2.75. The van der Waals surface area contributed by atoms with Gasteiger partial charge >= 0.3 is 0 Å². The molecule has 2 heterocycles. The molecule has 6 nitrogen and oxygen atoms in total. The summed E-state index contributed by atoms with van der Waals surface area (Å²) in [6.07, 6.45) is 1.40. The lowest BCUT2D eigenvalue weighted by molar-refractivity contribution is -0.117. The van der Waals surface area contributed by atoms with E-state index in [0.717, 1.165) is 11.3 Å². The maximum absolute atomic E-state index is 12.2. The highest BCUT2D eigenvalue weighted by Gasteiger charge is 2.19. The van der Waals surface area contributed by atoms with Gasteiger partial charge in [-0.05, 0) is 19.1 Å². The molecule has 3 rings (SSSR count). The number of nitrogens with zero attached hydrogens (tertiary/aromatic N) is 1. The fourth-order valence-electron chi connectivity index (χ4n) is 2.03. The molecule has 0 aliphatic heterocycles. The van der Waals surface area contributed by atoms with Crippen LogP contribution in [0.5, 0.6) is 0 Å². The summed E-state index contributed by atoms with van der Waals surface area (Å²) in [5.41, 5.74) is 1.77. The molecule has 1 atom stereocenters. The Morgan fingerprint density at radius 2 is 1.96 bits per heavy atom. The summed E-state index contributed by atoms with van der Waals surface area (Å²) in [6, 6.07) is 12.1. The molecular formula is C17H15N3O3S. The topological polar surface area (TPSA) is 84.2 Å². The van der Waals surface area contributed by atoms with Crippen molar-refractivity contribution < 1.29 is 14.0 Å². The van der Waals surface area contributed by atoms with Crippen LogP contribution in [0.4, 0.5) is 5.13 Å². The second kappa shape index (κ2) is 7.10. The minimum Gasteiger partial charge on any atom is -0.459 e. The molecule has 2 aromatic heterocycles. The normalized spacial score (nSPS) is 11.7. The lowest BCUT2D eigenvalue weighted by Gasteiger charge is -2.11. The van der Waals surface area contributed by atoms with E-state index in [9.17, 15) is 9.59 Å². The second-order valence-electron chi connectivity index (χ2n) is 5.07. The smallest absolute Gasteiger partial charge is 0.287 e. The van der Waals surface area contributed by atoms with E-state index in [1.807, 2.05) is 35.7 Å². The number of anilines is 1. The van der Waals surface area contributed by atoms with Crippen LogP contribution < -0.4 is 10.6 Å². The summed E-state index contributed by atoms with van der Waals surface area (Å²) >= 11 is 1.33. The Morgan fingerprint density at radius 3 is 2.67 bits per heavy atom. The minimum atomic E-state index is -0.716. The Labute approximate surface area is 142 Å². The number of amides is 2. The summed E-state index contributed by atoms with van der Waals surface area (Å²) in [5.74, 6) is -0.620. The van der Waals surface area contributed by atoms with Crippen molar-refractivity contribution >= 4 is 28.3 Å². The molecular weight excluding hydrogens is 326 g/mol. The van der Waals surface area contributed by atoms with Crippen LogP contribution in [0, 0.1) is 0 Å². The molecule has 0 saturated heterocycles. The lowest BCUT2D eigenvalue weighted by Crippen LogP contribution is -2.41. The Hall–Kier alpha value is -2.93. The predicted octanol–water partition coefficient (Wildman–Crippen LogP) is 3.16. The van der Waals surface area contributed by atoms with Crippen LogP contribution in [0.1, 0.15) is 17.5 Å². The molecule has 122 valence electrons. The third-order valence-electron chi connectivity index (χ3n) is 3.29. The molecule has 0 radical (unpaired) electrons. The molecule has 0 saturated carbocycles. The number of hydrogen-bond donors (Lipinski definition) is 2. The number of furan rings is 1. The average molecular weight is 341 g/mol. The van der Waals surface area contributed by atoms with Crippen molar-refractivity contribution in [1.29, 1.82) is 0 Å². The van der Waals surface area contributed by atoms with Crippen molar-refractivity contribution in [2.24, 2.45) is 0 Å². The standard InChI is InChI=1S/C17H15N3O3S/c1-11(18-16(22)14-8-5-9-23-14)15(21)20-17-19-13(10-24-17)12-6-3-2-4-7-12/h2-11H,1H3,(H,18,22)(H,19,20,21). The van der Waals surface area contributed by atoms with Crippen molar-refractivity contribution in [2.45, 2.75) is 13.0 Å². The molecule has 3 aromatic rings. The van der Waals surface area contributed by atoms with Crippen LogP contribution in [0.2, 0.25) is 0 Å². The number of carbonyl (C=O) groups excluding carboxylic acids is 2. The van der Waals surface area contributed by atoms with Gasteiger partial charge in [0.25, 0.3) is 5.91 Å². The maximum atomic E-state index is 12.2. The molecule has 0 fully saturated rings. The van der Waals surface area contributed by atoms with Crippen LogP contribution in [-0.4, -0.2) is 22.8 Å². The Morgan fingerprint density at radius 1 is 1.17 bits per heavy atom. The molecule has 1 unspecified atom stereocenters. The van der Waals surface area contributed by atoms with Gasteiger partial charge in [0.15, 0.2) is 10.9 Å². The van der Waals surface area contributed by atoms with E-state index in [0.29, 0.717) is 5.13 Å². The first kappa shape index (κ1) is 15.9. The number of carbonyl (C=O) groups is 2. The maximum Gasteiger partial charge on any atom is 0.287 e. The van der Waals surface area contributed by atoms with E-state index >= 15 is 0 Å². The van der Waals surface area contributed by atoms with Gasteiger partial charge in [0, 0.05) is 10.9 Å². The first-order chi connectivity index (χ1) is 11.6. The SMILES string of the molecule is CC(NC(=O)c1ccco1)C(=O)Nc1nc(-c2ccccc2)cs1. The molecule has 0 spiro atoms. The Bertz CT molecular complexity index is 828. The van der Waals surface area contributed by atoms with E-state index in [4.69, 9.17) is 4.42 Å². The molecule has 0 aliphatic carbocycles. The third kappa shape index (κ3) is 3.69. The average Bonchev–Trinajstić information content (AvgIpc) is 3.27. The summed E-state index contributed by atoms with van der Waals surface area (Å²) in [7, 11) is 0. The third-order valence-corrected chi connectivity index (χ3v) is 4.05. The monoisotopic (exact) mass is 341 g/mol. The number of nitrogens with one attached hydrogen (secondary N) is 2. The van der Waals surface area contributed by atoms with E-state index in [-0.39, 0.29) is 11.7 Å². The van der Waals surface area contributed by atoms with E-state index in [1.165, 1.54) is 23.7 Å². The van der Waals surface area contributed by atoms with Crippen LogP contribution in [0.25, 0.3) is 11.3 Å². The first-order valence-electron chi connectivity index (χ1n) is 7.29. The lowest BCUT2D eigenvalue weighted by atomic mass is 10.2. The summed E-state index contributed by atoms with van der Waals surface area (Å²) < 4.78 is 4.99. The molecule has 2 amide bonds. The zero-order valence-corrected chi connectivity index (χ0v) is 13.7. The summed E-state index contributed by atoms with van der Waals surface area (Å²) in [5, 5.41) is 7.63. The van der Waals surface area contributed by atoms with E-state index < -0.39 is 11.9 Å². The van der Waals surface area contributed by atoms with Crippen molar-refractivity contribution in [2.75, 3.05) is 5.32 Å². The Balaban J connectivity index is 1.60. The molecule has 1 aromatic carbocycles. The second-order valence-corrected chi connectivity index (χ2v) is 5.92. The molecule has 0 bridgehead atoms. The van der Waals surface area contributed by atoms with Gasteiger partial charge in [0.05, 0.1) is 12.0 Å². The highest BCUT2D eigenvalue weighted by Crippen LogP contribution is 2.24. The largest absolute Gasteiger partial charge is 0.459 e. The number of benzene rings is 1. The van der Waals surface area contributed by atoms with Crippen LogP contribution in [0.15, 0.2) is 58.5 Å². The van der Waals surface area contributed by atoms with E-state index in [2.05, 4.69) is 15.6 Å². The zero-order valence-electron chi connectivity index (χ0n) is 12.9. The van der Waals surface area contributed by atoms with Crippen molar-refractivity contribution in [1.82, 2.24) is 10.3 Å². The van der Waals surface area contributed by atoms with Crippen LogP contribution in [-0.2, 0) is 4.79 Å². The van der Waals surface area contributed by atoms with Gasteiger partial charge in [-0.1, -0.05) is 30.3 Å². The van der Waals surface area contributed by atoms with Crippen molar-refractivity contribution in [3.05, 3.63) is 59.9 Å². The highest BCUT2D eigenvalue weighted by molar-refractivity contribution is 7.14. The van der Waals surface area contributed by atoms with Gasteiger partial charge in [-0.2, -0.15) is 0 Å². The van der Waals surface area contributed by atoms with Gasteiger partial charge in [-0.3, -0.25) is 9.59 Å². The Kier molecular flexibility index (Phi) is 4.72. The zero-order chi connectivity index (χ0) is 16.9. The fraction of sp³-hybridized carbons (Fsp3) is 0.118. The number of hydrogen-bond acceptors (Lipinski definition) is 5. The highest BCUT2D eigenvalue weighted by atomic mass is 32.1. The number of rotatable bonds is 5. The molecule has 24 heavy (non-hydrogen) atoms. The van der Waals surface area contributed by atoms with Crippen LogP contribution in [0.3, 0.4) is 0 Å². The first-order valence-corrected chi connectivity index (χ1v) is 8.17. The van der Waals surface area contributed by atoms with Crippen molar-refractivity contribution in [3.8, 4) is 11.3 Å². The van der Waals surface area contributed by atoms with Gasteiger partial charge in [-0.25, -0.2) is 4.98 Å². The van der Waals surface area contributed by atoms with Crippen LogP contribution >= 0.6 is 11.3 Å².